The molecular weight excluding hydrogens is 590 g/mol. The third kappa shape index (κ3) is 6.61. The second-order valence-electron chi connectivity index (χ2n) is 10.8. The predicted molar refractivity (Wildman–Crippen MR) is 143 cm³/mol. The minimum atomic E-state index is -5.53. The third-order valence-corrected chi connectivity index (χ3v) is 8.43. The van der Waals surface area contributed by atoms with Crippen molar-refractivity contribution in [1.29, 1.82) is 0 Å². The summed E-state index contributed by atoms with van der Waals surface area (Å²) >= 11 is 6.18. The van der Waals surface area contributed by atoms with Gasteiger partial charge in [-0.1, -0.05) is 23.7 Å². The first kappa shape index (κ1) is 31.9. The highest BCUT2D eigenvalue weighted by Gasteiger charge is 2.62. The highest BCUT2D eigenvalue weighted by Crippen LogP contribution is 2.43. The van der Waals surface area contributed by atoms with Crippen LogP contribution in [-0.4, -0.2) is 66.2 Å². The number of aliphatic hydroxyl groups is 1. The molecule has 2 amide bonds. The van der Waals surface area contributed by atoms with E-state index in [1.165, 1.54) is 7.05 Å². The third-order valence-electron chi connectivity index (χ3n) is 8.14. The lowest BCUT2D eigenvalue weighted by atomic mass is 9.82. The van der Waals surface area contributed by atoms with E-state index in [0.29, 0.717) is 49.8 Å². The van der Waals surface area contributed by atoms with E-state index in [4.69, 9.17) is 11.6 Å². The Morgan fingerprint density at radius 2 is 1.52 bits per heavy atom. The Hall–Kier alpha value is -3.06. The van der Waals surface area contributed by atoms with Gasteiger partial charge in [0.05, 0.1) is 11.1 Å². The van der Waals surface area contributed by atoms with Crippen molar-refractivity contribution in [2.45, 2.75) is 50.1 Å². The number of alkyl halides is 6. The van der Waals surface area contributed by atoms with Gasteiger partial charge in [-0.05, 0) is 68.2 Å². The molecular formula is C28H31ClF6N4O3. The number of carbonyl (C=O) groups excluding carboxylic acids is 2. The number of hydrogen-bond acceptors (Lipinski definition) is 5. The van der Waals surface area contributed by atoms with Gasteiger partial charge in [0.25, 0.3) is 17.4 Å². The molecule has 230 valence electrons. The Morgan fingerprint density at radius 1 is 0.952 bits per heavy atom. The molecule has 1 unspecified atom stereocenters. The van der Waals surface area contributed by atoms with Crippen LogP contribution in [0.3, 0.4) is 0 Å². The molecule has 0 saturated carbocycles. The summed E-state index contributed by atoms with van der Waals surface area (Å²) in [7, 11) is 1.50. The van der Waals surface area contributed by atoms with Gasteiger partial charge in [0.2, 0.25) is 0 Å². The molecule has 0 spiro atoms. The van der Waals surface area contributed by atoms with Gasteiger partial charge in [-0.2, -0.15) is 26.3 Å². The molecule has 1 aromatic carbocycles. The summed E-state index contributed by atoms with van der Waals surface area (Å²) in [5, 5.41) is 13.2. The predicted octanol–water partition coefficient (Wildman–Crippen LogP) is 5.41. The van der Waals surface area contributed by atoms with Crippen molar-refractivity contribution in [2.24, 2.45) is 11.8 Å². The number of likely N-dealkylation sites (tertiary alicyclic amines) is 1. The van der Waals surface area contributed by atoms with Crippen LogP contribution >= 0.6 is 11.6 Å². The maximum atomic E-state index is 14.0. The van der Waals surface area contributed by atoms with Gasteiger partial charge in [-0.15, -0.1) is 0 Å². The van der Waals surface area contributed by atoms with Crippen LogP contribution in [0.1, 0.15) is 53.6 Å². The first-order valence-corrected chi connectivity index (χ1v) is 13.9. The quantitative estimate of drug-likeness (QED) is 0.333. The van der Waals surface area contributed by atoms with Crippen LogP contribution in [0, 0.1) is 11.8 Å². The van der Waals surface area contributed by atoms with E-state index in [-0.39, 0.29) is 41.7 Å². The summed E-state index contributed by atoms with van der Waals surface area (Å²) in [6.07, 6.45) is -7.13. The smallest absolute Gasteiger partial charge is 0.369 e. The molecule has 2 N–H and O–H groups in total. The average Bonchev–Trinajstić information content (AvgIpc) is 2.95. The molecule has 1 atom stereocenters. The van der Waals surface area contributed by atoms with Crippen LogP contribution in [0.25, 0.3) is 0 Å². The number of nitrogens with one attached hydrogen (secondary N) is 1. The second-order valence-corrected chi connectivity index (χ2v) is 11.1. The summed E-state index contributed by atoms with van der Waals surface area (Å²) in [5.41, 5.74) is -6.36. The van der Waals surface area contributed by atoms with Gasteiger partial charge in [-0.3, -0.25) is 9.59 Å². The molecule has 0 aliphatic carbocycles. The summed E-state index contributed by atoms with van der Waals surface area (Å²) in [5.74, 6) is -0.835. The Bertz CT molecular complexity index is 1290. The molecule has 0 bridgehead atoms. The number of carbonyl (C=O) groups is 2. The van der Waals surface area contributed by atoms with Gasteiger partial charge in [0.1, 0.15) is 11.0 Å². The number of aromatic nitrogens is 1. The summed E-state index contributed by atoms with van der Waals surface area (Å²) in [4.78, 5) is 32.2. The number of anilines is 1. The van der Waals surface area contributed by atoms with E-state index in [1.54, 1.807) is 12.1 Å². The van der Waals surface area contributed by atoms with E-state index in [9.17, 15) is 41.0 Å². The van der Waals surface area contributed by atoms with Crippen LogP contribution in [0.5, 0.6) is 0 Å². The molecule has 2 aliphatic heterocycles. The topological polar surface area (TPSA) is 85.8 Å². The maximum Gasteiger partial charge on any atom is 0.430 e. The van der Waals surface area contributed by atoms with Crippen LogP contribution in [0.4, 0.5) is 32.2 Å². The Kier molecular flexibility index (Phi) is 9.31. The number of piperidine rings is 2. The van der Waals surface area contributed by atoms with Crippen molar-refractivity contribution < 1.29 is 41.0 Å². The summed E-state index contributed by atoms with van der Waals surface area (Å²) in [6.45, 7) is 1.33. The van der Waals surface area contributed by atoms with Crippen molar-refractivity contribution in [2.75, 3.05) is 38.1 Å². The molecule has 2 aliphatic rings. The van der Waals surface area contributed by atoms with Crippen LogP contribution in [-0.2, 0) is 16.6 Å². The van der Waals surface area contributed by atoms with Crippen molar-refractivity contribution in [3.05, 3.63) is 58.2 Å². The van der Waals surface area contributed by atoms with Gasteiger partial charge in [0, 0.05) is 38.8 Å². The minimum absolute atomic E-state index is 0.0419. The zero-order chi connectivity index (χ0) is 30.9. The van der Waals surface area contributed by atoms with Gasteiger partial charge >= 0.3 is 12.4 Å². The number of nitrogens with zero attached hydrogens (tertiary/aromatic N) is 3. The Balaban J connectivity index is 1.34. The molecule has 2 aromatic rings. The largest absolute Gasteiger partial charge is 0.430 e. The fourth-order valence-electron chi connectivity index (χ4n) is 5.70. The van der Waals surface area contributed by atoms with E-state index < -0.39 is 35.0 Å². The minimum Gasteiger partial charge on any atom is -0.369 e. The standard InChI is InChI=1S/C28H31ClF6N4O3/c1-36-24(40)21-5-6-22(37-23(21)29)38-11-7-17(8-12-38)15-18-9-13-39(14-10-18)25(41)26(42,28(33,34)35)19-3-2-4-20(16-19)27(30,31)32/h2-6,16-18,42H,7-15H2,1H3,(H,36,40). The van der Waals surface area contributed by atoms with Crippen molar-refractivity contribution in [1.82, 2.24) is 15.2 Å². The lowest BCUT2D eigenvalue weighted by Crippen LogP contribution is -2.57. The number of pyridine rings is 1. The van der Waals surface area contributed by atoms with Gasteiger partial charge in [0.15, 0.2) is 0 Å². The van der Waals surface area contributed by atoms with Crippen molar-refractivity contribution in [3.63, 3.8) is 0 Å². The lowest BCUT2D eigenvalue weighted by molar-refractivity contribution is -0.262. The molecule has 14 heteroatoms. The van der Waals surface area contributed by atoms with E-state index in [0.717, 1.165) is 30.2 Å². The molecule has 4 rings (SSSR count). The van der Waals surface area contributed by atoms with E-state index in [1.807, 2.05) is 0 Å². The van der Waals surface area contributed by atoms with Gasteiger partial charge < -0.3 is 20.2 Å². The van der Waals surface area contributed by atoms with Crippen LogP contribution < -0.4 is 10.2 Å². The first-order valence-electron chi connectivity index (χ1n) is 13.5. The Morgan fingerprint density at radius 3 is 2.05 bits per heavy atom. The molecule has 0 radical (unpaired) electrons. The molecule has 42 heavy (non-hydrogen) atoms. The van der Waals surface area contributed by atoms with E-state index in [2.05, 4.69) is 15.2 Å². The monoisotopic (exact) mass is 620 g/mol. The number of hydrogen-bond donors (Lipinski definition) is 2. The van der Waals surface area contributed by atoms with Gasteiger partial charge in [-0.25, -0.2) is 4.98 Å². The van der Waals surface area contributed by atoms with E-state index >= 15 is 0 Å². The molecule has 3 heterocycles. The highest BCUT2D eigenvalue weighted by atomic mass is 35.5. The average molecular weight is 621 g/mol. The summed E-state index contributed by atoms with van der Waals surface area (Å²) < 4.78 is 81.5. The Labute approximate surface area is 243 Å². The fourth-order valence-corrected chi connectivity index (χ4v) is 5.94. The molecule has 2 saturated heterocycles. The van der Waals surface area contributed by atoms with Crippen LogP contribution in [0.2, 0.25) is 5.15 Å². The highest BCUT2D eigenvalue weighted by molar-refractivity contribution is 6.32. The first-order chi connectivity index (χ1) is 19.6. The zero-order valence-electron chi connectivity index (χ0n) is 22.7. The van der Waals surface area contributed by atoms with Crippen molar-refractivity contribution >= 4 is 29.2 Å². The number of rotatable bonds is 6. The van der Waals surface area contributed by atoms with Crippen LogP contribution in [0.15, 0.2) is 36.4 Å². The number of benzene rings is 1. The zero-order valence-corrected chi connectivity index (χ0v) is 23.5. The molecule has 2 fully saturated rings. The van der Waals surface area contributed by atoms with Crippen molar-refractivity contribution in [3.8, 4) is 0 Å². The number of amides is 2. The number of halogens is 7. The molecule has 1 aromatic heterocycles. The fraction of sp³-hybridized carbons (Fsp3) is 0.536. The summed E-state index contributed by atoms with van der Waals surface area (Å²) in [6, 6.07) is 5.53. The molecule has 7 nitrogen and oxygen atoms in total. The lowest BCUT2D eigenvalue weighted by Gasteiger charge is -2.40. The SMILES string of the molecule is CNC(=O)c1ccc(N2CCC(CC3CCN(C(=O)C(O)(c4cccc(C(F)(F)F)c4)C(F)(F)F)CC3)CC2)nc1Cl. The maximum absolute atomic E-state index is 14.0. The normalized spacial score (nSPS) is 19.0. The second kappa shape index (κ2) is 12.3.